The number of amides is 2. The van der Waals surface area contributed by atoms with Gasteiger partial charge in [-0.15, -0.1) is 0 Å². The van der Waals surface area contributed by atoms with Crippen molar-refractivity contribution in [1.29, 1.82) is 0 Å². The Bertz CT molecular complexity index is 1090. The van der Waals surface area contributed by atoms with E-state index < -0.39 is 0 Å². The van der Waals surface area contributed by atoms with Gasteiger partial charge >= 0.3 is 6.03 Å². The molecule has 1 aliphatic rings. The normalized spacial score (nSPS) is 13.4. The van der Waals surface area contributed by atoms with E-state index in [4.69, 9.17) is 0 Å². The van der Waals surface area contributed by atoms with Crippen LogP contribution in [0.4, 0.5) is 22.1 Å². The van der Waals surface area contributed by atoms with Crippen molar-refractivity contribution in [1.82, 2.24) is 25.1 Å². The summed E-state index contributed by atoms with van der Waals surface area (Å²) in [5.74, 6) is 1.38. The van der Waals surface area contributed by atoms with E-state index in [1.807, 2.05) is 11.0 Å². The molecule has 0 radical (unpaired) electrons. The number of benzene rings is 1. The van der Waals surface area contributed by atoms with Crippen LogP contribution in [-0.4, -0.2) is 44.2 Å². The number of likely N-dealkylation sites (tertiary alicyclic amines) is 1. The molecule has 0 aliphatic carbocycles. The molecule has 8 heteroatoms. The molecule has 1 fully saturated rings. The van der Waals surface area contributed by atoms with Crippen LogP contribution in [0.1, 0.15) is 54.6 Å². The number of nitrogens with one attached hydrogen (secondary N) is 3. The summed E-state index contributed by atoms with van der Waals surface area (Å²) in [6, 6.07) is 4.20. The van der Waals surface area contributed by atoms with Crippen LogP contribution >= 0.6 is 0 Å². The lowest BCUT2D eigenvalue weighted by Gasteiger charge is -2.22. The first kappa shape index (κ1) is 22.8. The van der Waals surface area contributed by atoms with Crippen LogP contribution in [0.2, 0.25) is 0 Å². The minimum absolute atomic E-state index is 0.0207. The first-order valence-corrected chi connectivity index (χ1v) is 11.9. The van der Waals surface area contributed by atoms with Crippen molar-refractivity contribution >= 4 is 23.4 Å². The summed E-state index contributed by atoms with van der Waals surface area (Å²) in [4.78, 5) is 23.0. The Morgan fingerprint density at radius 1 is 1.06 bits per heavy atom. The molecule has 2 amide bonds. The second-order valence-corrected chi connectivity index (χ2v) is 8.49. The first-order chi connectivity index (χ1) is 16.1. The Morgan fingerprint density at radius 2 is 1.88 bits per heavy atom. The topological polar surface area (TPSA) is 98.8 Å². The molecule has 0 spiro atoms. The van der Waals surface area contributed by atoms with Gasteiger partial charge in [-0.05, 0) is 73.8 Å². The molecular weight excluding hydrogens is 414 g/mol. The van der Waals surface area contributed by atoms with E-state index in [1.54, 1.807) is 18.6 Å². The number of H-pyrrole nitrogens is 1. The molecule has 1 saturated heterocycles. The van der Waals surface area contributed by atoms with Crippen LogP contribution in [0.15, 0.2) is 30.7 Å². The summed E-state index contributed by atoms with van der Waals surface area (Å²) < 4.78 is 0. The van der Waals surface area contributed by atoms with E-state index >= 15 is 0 Å². The molecule has 1 aromatic carbocycles. The van der Waals surface area contributed by atoms with Crippen molar-refractivity contribution in [3.05, 3.63) is 58.7 Å². The second-order valence-electron chi connectivity index (χ2n) is 8.49. The standard InChI is InChI=1S/C25H33N7O/c1-4-18-14-22(28-25(33)32-12-6-7-13-32)20(5-2)21(17(18)3)9-8-19-15-23(31-30-19)29-24-16-26-10-11-27-24/h10-11,14-16H,4-9,12-13H2,1-3H3,(H,28,33)(H2,27,29,30,31). The lowest BCUT2D eigenvalue weighted by molar-refractivity contribution is 0.222. The molecule has 2 aromatic heterocycles. The number of anilines is 3. The van der Waals surface area contributed by atoms with E-state index in [1.165, 1.54) is 22.3 Å². The average Bonchev–Trinajstić information content (AvgIpc) is 3.52. The van der Waals surface area contributed by atoms with E-state index in [0.29, 0.717) is 5.82 Å². The van der Waals surface area contributed by atoms with Gasteiger partial charge in [-0.1, -0.05) is 13.8 Å². The lowest BCUT2D eigenvalue weighted by Crippen LogP contribution is -2.32. The monoisotopic (exact) mass is 447 g/mol. The number of rotatable bonds is 8. The van der Waals surface area contributed by atoms with Gasteiger partial charge in [-0.3, -0.25) is 10.1 Å². The van der Waals surface area contributed by atoms with Gasteiger partial charge in [-0.2, -0.15) is 5.10 Å². The predicted molar refractivity (Wildman–Crippen MR) is 131 cm³/mol. The van der Waals surface area contributed by atoms with Crippen molar-refractivity contribution in [3.8, 4) is 0 Å². The highest BCUT2D eigenvalue weighted by Gasteiger charge is 2.21. The number of aryl methyl sites for hydroxylation is 2. The number of carbonyl (C=O) groups excluding carboxylic acids is 1. The zero-order valence-electron chi connectivity index (χ0n) is 19.7. The van der Waals surface area contributed by atoms with E-state index in [-0.39, 0.29) is 6.03 Å². The van der Waals surface area contributed by atoms with Crippen LogP contribution < -0.4 is 10.6 Å². The lowest BCUT2D eigenvalue weighted by atomic mass is 9.89. The highest BCUT2D eigenvalue weighted by Crippen LogP contribution is 2.30. The third-order valence-corrected chi connectivity index (χ3v) is 6.41. The molecule has 174 valence electrons. The molecule has 3 heterocycles. The molecule has 3 aromatic rings. The van der Waals surface area contributed by atoms with Crippen molar-refractivity contribution in [2.75, 3.05) is 23.7 Å². The molecule has 0 unspecified atom stereocenters. The first-order valence-electron chi connectivity index (χ1n) is 11.9. The molecule has 0 saturated carbocycles. The minimum atomic E-state index is 0.0207. The number of aromatic nitrogens is 4. The predicted octanol–water partition coefficient (Wildman–Crippen LogP) is 4.79. The van der Waals surface area contributed by atoms with Gasteiger partial charge in [0.15, 0.2) is 5.82 Å². The van der Waals surface area contributed by atoms with Crippen LogP contribution in [0, 0.1) is 6.92 Å². The molecule has 33 heavy (non-hydrogen) atoms. The zero-order chi connectivity index (χ0) is 23.2. The molecule has 8 nitrogen and oxygen atoms in total. The highest BCUT2D eigenvalue weighted by atomic mass is 16.2. The van der Waals surface area contributed by atoms with Crippen LogP contribution in [0.5, 0.6) is 0 Å². The Morgan fingerprint density at radius 3 is 2.58 bits per heavy atom. The maximum Gasteiger partial charge on any atom is 0.321 e. The van der Waals surface area contributed by atoms with E-state index in [0.717, 1.165) is 68.8 Å². The third-order valence-electron chi connectivity index (χ3n) is 6.41. The quantitative estimate of drug-likeness (QED) is 0.461. The molecule has 0 atom stereocenters. The maximum absolute atomic E-state index is 12.8. The van der Waals surface area contributed by atoms with Gasteiger partial charge in [0.2, 0.25) is 0 Å². The number of carbonyl (C=O) groups is 1. The van der Waals surface area contributed by atoms with Crippen LogP contribution in [0.3, 0.4) is 0 Å². The molecule has 3 N–H and O–H groups in total. The summed E-state index contributed by atoms with van der Waals surface area (Å²) >= 11 is 0. The third kappa shape index (κ3) is 5.32. The second kappa shape index (κ2) is 10.5. The summed E-state index contributed by atoms with van der Waals surface area (Å²) in [7, 11) is 0. The molecule has 4 rings (SSSR count). The van der Waals surface area contributed by atoms with Gasteiger partial charge in [0, 0.05) is 42.9 Å². The molecular formula is C25H33N7O. The Balaban J connectivity index is 1.52. The van der Waals surface area contributed by atoms with E-state index in [2.05, 4.69) is 57.6 Å². The average molecular weight is 448 g/mol. The minimum Gasteiger partial charge on any atom is -0.325 e. The fraction of sp³-hybridized carbons (Fsp3) is 0.440. The number of urea groups is 1. The van der Waals surface area contributed by atoms with Crippen LogP contribution in [0.25, 0.3) is 0 Å². The summed E-state index contributed by atoms with van der Waals surface area (Å²) in [6.45, 7) is 8.22. The van der Waals surface area contributed by atoms with Crippen molar-refractivity contribution in [2.24, 2.45) is 0 Å². The number of nitrogens with zero attached hydrogens (tertiary/aromatic N) is 4. The van der Waals surface area contributed by atoms with Gasteiger partial charge in [0.05, 0.1) is 6.20 Å². The smallest absolute Gasteiger partial charge is 0.321 e. The Hall–Kier alpha value is -3.42. The van der Waals surface area contributed by atoms with Gasteiger partial charge in [0.25, 0.3) is 0 Å². The van der Waals surface area contributed by atoms with E-state index in [9.17, 15) is 4.79 Å². The zero-order valence-corrected chi connectivity index (χ0v) is 19.7. The maximum atomic E-state index is 12.8. The number of aromatic amines is 1. The molecule has 0 bridgehead atoms. The largest absolute Gasteiger partial charge is 0.325 e. The van der Waals surface area contributed by atoms with Gasteiger partial charge in [-0.25, -0.2) is 9.78 Å². The van der Waals surface area contributed by atoms with Crippen LogP contribution in [-0.2, 0) is 25.7 Å². The fourth-order valence-corrected chi connectivity index (χ4v) is 4.60. The van der Waals surface area contributed by atoms with Crippen molar-refractivity contribution < 1.29 is 4.79 Å². The molecule has 1 aliphatic heterocycles. The van der Waals surface area contributed by atoms with Crippen molar-refractivity contribution in [3.63, 3.8) is 0 Å². The summed E-state index contributed by atoms with van der Waals surface area (Å²) in [6.07, 6.45) is 10.6. The Kier molecular flexibility index (Phi) is 7.22. The van der Waals surface area contributed by atoms with Gasteiger partial charge < -0.3 is 15.5 Å². The van der Waals surface area contributed by atoms with Gasteiger partial charge in [0.1, 0.15) is 5.82 Å². The number of hydrogen-bond donors (Lipinski definition) is 3. The Labute approximate surface area is 195 Å². The highest BCUT2D eigenvalue weighted by molar-refractivity contribution is 5.91. The van der Waals surface area contributed by atoms with Crippen molar-refractivity contribution in [2.45, 2.75) is 59.3 Å². The number of hydrogen-bond acceptors (Lipinski definition) is 5. The summed E-state index contributed by atoms with van der Waals surface area (Å²) in [5.41, 5.74) is 7.18. The summed E-state index contributed by atoms with van der Waals surface area (Å²) in [5, 5.41) is 13.9. The fourth-order valence-electron chi connectivity index (χ4n) is 4.60. The SMILES string of the molecule is CCc1cc(NC(=O)N2CCCC2)c(CC)c(CCc2cc(Nc3cnccn3)n[nH]2)c1C.